The van der Waals surface area contributed by atoms with Gasteiger partial charge in [0.25, 0.3) is 0 Å². The molecule has 0 radical (unpaired) electrons. The van der Waals surface area contributed by atoms with Gasteiger partial charge >= 0.3 is 0 Å². The minimum atomic E-state index is 0.0171. The number of likely N-dealkylation sites (N-methyl/N-ethyl adjacent to an activating group) is 1. The molecule has 0 aliphatic rings. The standard InChI is InChI=1S/C14H12N2OS/c1-16(13-4-2-3-11(7-13)9-15)14(17)8-12-5-6-18-10-12/h2-7,10H,8H2,1H3. The molecule has 0 N–H and O–H groups in total. The van der Waals surface area contributed by atoms with Crippen molar-refractivity contribution in [1.82, 2.24) is 0 Å². The first-order valence-corrected chi connectivity index (χ1v) is 6.43. The van der Waals surface area contributed by atoms with Crippen molar-refractivity contribution in [2.75, 3.05) is 11.9 Å². The van der Waals surface area contributed by atoms with Crippen LogP contribution in [0.3, 0.4) is 0 Å². The first kappa shape index (κ1) is 12.3. The van der Waals surface area contributed by atoms with Gasteiger partial charge in [0, 0.05) is 12.7 Å². The SMILES string of the molecule is CN(C(=O)Cc1ccsc1)c1cccc(C#N)c1. The average Bonchev–Trinajstić information content (AvgIpc) is 2.90. The highest BCUT2D eigenvalue weighted by atomic mass is 32.1. The predicted octanol–water partition coefficient (Wildman–Crippen LogP) is 2.83. The number of hydrogen-bond acceptors (Lipinski definition) is 3. The summed E-state index contributed by atoms with van der Waals surface area (Å²) < 4.78 is 0. The predicted molar refractivity (Wildman–Crippen MR) is 72.6 cm³/mol. The minimum absolute atomic E-state index is 0.0171. The van der Waals surface area contributed by atoms with E-state index < -0.39 is 0 Å². The fourth-order valence-corrected chi connectivity index (χ4v) is 2.28. The van der Waals surface area contributed by atoms with Gasteiger partial charge in [-0.3, -0.25) is 4.79 Å². The van der Waals surface area contributed by atoms with Crippen molar-refractivity contribution in [1.29, 1.82) is 5.26 Å². The van der Waals surface area contributed by atoms with E-state index in [4.69, 9.17) is 5.26 Å². The Bertz CT molecular complexity index is 584. The van der Waals surface area contributed by atoms with E-state index in [1.165, 1.54) is 0 Å². The van der Waals surface area contributed by atoms with Crippen LogP contribution in [0, 0.1) is 11.3 Å². The molecule has 1 aromatic heterocycles. The summed E-state index contributed by atoms with van der Waals surface area (Å²) in [5.41, 5.74) is 2.32. The average molecular weight is 256 g/mol. The molecule has 0 saturated carbocycles. The lowest BCUT2D eigenvalue weighted by molar-refractivity contribution is -0.117. The number of anilines is 1. The molecule has 0 fully saturated rings. The molecule has 2 aromatic rings. The third kappa shape index (κ3) is 2.76. The van der Waals surface area contributed by atoms with Crippen molar-refractivity contribution < 1.29 is 4.79 Å². The van der Waals surface area contributed by atoms with Crippen molar-refractivity contribution in [3.05, 3.63) is 52.2 Å². The summed E-state index contributed by atoms with van der Waals surface area (Å²) in [5.74, 6) is 0.0171. The molecule has 1 amide bonds. The quantitative estimate of drug-likeness (QED) is 0.847. The van der Waals surface area contributed by atoms with Crippen LogP contribution in [0.25, 0.3) is 0 Å². The third-order valence-electron chi connectivity index (χ3n) is 2.67. The summed E-state index contributed by atoms with van der Waals surface area (Å²) in [5, 5.41) is 12.8. The van der Waals surface area contributed by atoms with Crippen LogP contribution in [0.4, 0.5) is 5.69 Å². The number of carbonyl (C=O) groups is 1. The number of thiophene rings is 1. The van der Waals surface area contributed by atoms with Gasteiger partial charge in [-0.1, -0.05) is 6.07 Å². The smallest absolute Gasteiger partial charge is 0.231 e. The van der Waals surface area contributed by atoms with E-state index in [0.717, 1.165) is 11.3 Å². The highest BCUT2D eigenvalue weighted by Gasteiger charge is 2.12. The van der Waals surface area contributed by atoms with Crippen LogP contribution in [0.2, 0.25) is 0 Å². The maximum absolute atomic E-state index is 12.1. The topological polar surface area (TPSA) is 44.1 Å². The number of benzene rings is 1. The summed E-state index contributed by atoms with van der Waals surface area (Å²) in [6.45, 7) is 0. The monoisotopic (exact) mass is 256 g/mol. The Kier molecular flexibility index (Phi) is 3.75. The van der Waals surface area contributed by atoms with E-state index in [1.54, 1.807) is 41.5 Å². The molecule has 0 aliphatic heterocycles. The third-order valence-corrected chi connectivity index (χ3v) is 3.40. The number of nitrogens with zero attached hydrogens (tertiary/aromatic N) is 2. The Morgan fingerprint density at radius 1 is 1.44 bits per heavy atom. The van der Waals surface area contributed by atoms with Gasteiger partial charge in [0.15, 0.2) is 0 Å². The van der Waals surface area contributed by atoms with Crippen molar-refractivity contribution in [3.8, 4) is 6.07 Å². The highest BCUT2D eigenvalue weighted by Crippen LogP contribution is 2.16. The molecule has 4 heteroatoms. The molecule has 1 aromatic carbocycles. The van der Waals surface area contributed by atoms with Gasteiger partial charge in [0.1, 0.15) is 0 Å². The fourth-order valence-electron chi connectivity index (χ4n) is 1.61. The molecule has 90 valence electrons. The second kappa shape index (κ2) is 5.48. The van der Waals surface area contributed by atoms with Crippen molar-refractivity contribution in [2.24, 2.45) is 0 Å². The van der Waals surface area contributed by atoms with Gasteiger partial charge < -0.3 is 4.90 Å². The largest absolute Gasteiger partial charge is 0.315 e. The summed E-state index contributed by atoms with van der Waals surface area (Å²) in [6.07, 6.45) is 0.386. The lowest BCUT2D eigenvalue weighted by Crippen LogP contribution is -2.27. The van der Waals surface area contributed by atoms with Crippen molar-refractivity contribution in [2.45, 2.75) is 6.42 Å². The maximum Gasteiger partial charge on any atom is 0.231 e. The lowest BCUT2D eigenvalue weighted by atomic mass is 10.2. The lowest BCUT2D eigenvalue weighted by Gasteiger charge is -2.17. The Morgan fingerprint density at radius 3 is 2.94 bits per heavy atom. The second-order valence-electron chi connectivity index (χ2n) is 3.92. The maximum atomic E-state index is 12.1. The number of carbonyl (C=O) groups excluding carboxylic acids is 1. The van der Waals surface area contributed by atoms with E-state index in [0.29, 0.717) is 12.0 Å². The minimum Gasteiger partial charge on any atom is -0.315 e. The summed E-state index contributed by atoms with van der Waals surface area (Å²) in [4.78, 5) is 13.6. The molecule has 3 nitrogen and oxygen atoms in total. The molecule has 0 aliphatic carbocycles. The Hall–Kier alpha value is -2.12. The van der Waals surface area contributed by atoms with E-state index in [2.05, 4.69) is 6.07 Å². The van der Waals surface area contributed by atoms with Crippen molar-refractivity contribution >= 4 is 22.9 Å². The number of rotatable bonds is 3. The molecule has 0 unspecified atom stereocenters. The second-order valence-corrected chi connectivity index (χ2v) is 4.70. The van der Waals surface area contributed by atoms with Gasteiger partial charge in [-0.25, -0.2) is 0 Å². The van der Waals surface area contributed by atoms with Crippen LogP contribution in [-0.2, 0) is 11.2 Å². The van der Waals surface area contributed by atoms with Crippen LogP contribution in [0.15, 0.2) is 41.1 Å². The van der Waals surface area contributed by atoms with Crippen molar-refractivity contribution in [3.63, 3.8) is 0 Å². The molecule has 0 spiro atoms. The van der Waals surface area contributed by atoms with E-state index in [9.17, 15) is 4.79 Å². The van der Waals surface area contributed by atoms with Gasteiger partial charge in [-0.05, 0) is 40.6 Å². The molecule has 0 saturated heterocycles. The number of nitriles is 1. The molecular formula is C14H12N2OS. The van der Waals surface area contributed by atoms with Gasteiger partial charge in [0.05, 0.1) is 18.1 Å². The first-order valence-electron chi connectivity index (χ1n) is 5.48. The van der Waals surface area contributed by atoms with Crippen LogP contribution < -0.4 is 4.90 Å². The van der Waals surface area contributed by atoms with Gasteiger partial charge in [-0.2, -0.15) is 16.6 Å². The Balaban J connectivity index is 2.13. The zero-order chi connectivity index (χ0) is 13.0. The van der Waals surface area contributed by atoms with Crippen LogP contribution in [0.5, 0.6) is 0 Å². The Morgan fingerprint density at radius 2 is 2.28 bits per heavy atom. The molecule has 18 heavy (non-hydrogen) atoms. The summed E-state index contributed by atoms with van der Waals surface area (Å²) in [7, 11) is 1.73. The molecular weight excluding hydrogens is 244 g/mol. The van der Waals surface area contributed by atoms with E-state index in [1.807, 2.05) is 22.9 Å². The van der Waals surface area contributed by atoms with E-state index >= 15 is 0 Å². The zero-order valence-corrected chi connectivity index (χ0v) is 10.8. The fraction of sp³-hybridized carbons (Fsp3) is 0.143. The first-order chi connectivity index (χ1) is 8.70. The molecule has 0 atom stereocenters. The number of amides is 1. The van der Waals surface area contributed by atoms with E-state index in [-0.39, 0.29) is 5.91 Å². The molecule has 1 heterocycles. The van der Waals surface area contributed by atoms with Gasteiger partial charge in [-0.15, -0.1) is 0 Å². The molecule has 2 rings (SSSR count). The summed E-state index contributed by atoms with van der Waals surface area (Å²) in [6, 6.07) is 11.1. The van der Waals surface area contributed by atoms with Crippen LogP contribution >= 0.6 is 11.3 Å². The number of hydrogen-bond donors (Lipinski definition) is 0. The van der Waals surface area contributed by atoms with Crippen LogP contribution in [0.1, 0.15) is 11.1 Å². The van der Waals surface area contributed by atoms with Crippen LogP contribution in [-0.4, -0.2) is 13.0 Å². The van der Waals surface area contributed by atoms with Gasteiger partial charge in [0.2, 0.25) is 5.91 Å². The zero-order valence-electron chi connectivity index (χ0n) is 9.96. The summed E-state index contributed by atoms with van der Waals surface area (Å²) >= 11 is 1.58. The Labute approximate surface area is 110 Å². The highest BCUT2D eigenvalue weighted by molar-refractivity contribution is 7.08. The molecule has 0 bridgehead atoms. The normalized spacial score (nSPS) is 9.78.